The first kappa shape index (κ1) is 61.1. The lowest BCUT2D eigenvalue weighted by molar-refractivity contribution is -0.335. The lowest BCUT2D eigenvalue weighted by Gasteiger charge is -2.53. The zero-order valence-electron chi connectivity index (χ0n) is 45.5. The van der Waals surface area contributed by atoms with E-state index in [4.69, 9.17) is 49.5 Å². The number of esters is 1. The predicted octanol–water partition coefficient (Wildman–Crippen LogP) is 4.17. The number of carbonyl (C=O) groups is 1. The van der Waals surface area contributed by atoms with E-state index in [-0.39, 0.29) is 54.9 Å². The van der Waals surface area contributed by atoms with Gasteiger partial charge in [0.1, 0.15) is 45.7 Å². The number of benzene rings is 1. The third-order valence-electron chi connectivity index (χ3n) is 15.6. The van der Waals surface area contributed by atoms with E-state index in [1.54, 1.807) is 86.7 Å². The molecule has 22 heteroatoms. The highest BCUT2D eigenvalue weighted by molar-refractivity contribution is 7.89. The highest BCUT2D eigenvalue weighted by Gasteiger charge is 2.59. The summed E-state index contributed by atoms with van der Waals surface area (Å²) < 4.78 is 83.2. The maximum absolute atomic E-state index is 14.7. The molecule has 3 saturated heterocycles. The molecule has 0 bridgehead atoms. The van der Waals surface area contributed by atoms with Crippen molar-refractivity contribution in [2.24, 2.45) is 24.8 Å². The number of halogens is 1. The van der Waals surface area contributed by atoms with Crippen LogP contribution in [0.15, 0.2) is 35.6 Å². The fraction of sp³-hybridized carbons (Fsp3) is 0.804. The molecule has 1 unspecified atom stereocenters. The minimum atomic E-state index is -4.39. The monoisotopic (exact) mass is 1080 g/mol. The molecule has 4 heterocycles. The van der Waals surface area contributed by atoms with Crippen LogP contribution in [0.1, 0.15) is 108 Å². The Kier molecular flexibility index (Phi) is 20.7. The van der Waals surface area contributed by atoms with E-state index in [1.807, 2.05) is 13.8 Å². The van der Waals surface area contributed by atoms with Gasteiger partial charge in [-0.15, -0.1) is 0 Å². The number of sulfonamides is 1. The van der Waals surface area contributed by atoms with E-state index < -0.39 is 118 Å². The molecule has 3 aliphatic heterocycles. The van der Waals surface area contributed by atoms with Gasteiger partial charge in [0.2, 0.25) is 5.03 Å². The number of carbonyl (C=O) groups excluding carboxylic acids is 1. The van der Waals surface area contributed by atoms with Crippen LogP contribution in [0.25, 0.3) is 0 Å². The topological polar surface area (TPSA) is 251 Å². The smallest absolute Gasteiger partial charge is 0.311 e. The Labute approximate surface area is 438 Å². The molecule has 3 fully saturated rings. The minimum absolute atomic E-state index is 0.00787. The average Bonchev–Trinajstić information content (AvgIpc) is 3.69. The number of rotatable bonds is 16. The summed E-state index contributed by atoms with van der Waals surface area (Å²) in [7, 11) is 1.65. The van der Waals surface area contributed by atoms with Crippen LogP contribution in [-0.2, 0) is 50.3 Å². The lowest BCUT2D eigenvalue weighted by Crippen LogP contribution is -2.70. The van der Waals surface area contributed by atoms with Crippen LogP contribution in [0.2, 0.25) is 5.15 Å². The quantitative estimate of drug-likeness (QED) is 0.102. The molecule has 0 radical (unpaired) electrons. The van der Waals surface area contributed by atoms with Gasteiger partial charge >= 0.3 is 5.97 Å². The Morgan fingerprint density at radius 3 is 2.19 bits per heavy atom. The molecule has 0 saturated carbocycles. The van der Waals surface area contributed by atoms with Gasteiger partial charge in [0.25, 0.3) is 10.0 Å². The number of hydrogen-bond donors (Lipinski definition) is 6. The lowest BCUT2D eigenvalue weighted by atomic mass is 9.75. The molecule has 0 spiro atoms. The SMILES string of the molecule is CCCNC[C@]1(O)[C@H](C)OC(O[C@H]2[C@H](C)[C@@H](O[C@@H]3O[C@H](C)C[C@H](N(C)S(=O)(=O)c4ncn(C)c4Cl)[C@H]3Oc3ccc(OC)cc3)[C@](C)(O)C[C@@H](C)CN[C@H](C)[C@@H](O)[C@](C)(O)[C@@H](CC)OC(=O)[C@@H]2C)C[C@@]1(C)OC. The number of imidazole rings is 1. The van der Waals surface area contributed by atoms with Gasteiger partial charge in [0.15, 0.2) is 18.7 Å². The van der Waals surface area contributed by atoms with Crippen molar-refractivity contribution < 1.29 is 71.5 Å². The third kappa shape index (κ3) is 13.3. The van der Waals surface area contributed by atoms with Crippen LogP contribution >= 0.6 is 11.6 Å². The van der Waals surface area contributed by atoms with Crippen LogP contribution in [0.5, 0.6) is 11.5 Å². The summed E-state index contributed by atoms with van der Waals surface area (Å²) in [5, 5.41) is 55.0. The van der Waals surface area contributed by atoms with Gasteiger partial charge in [-0.25, -0.2) is 13.4 Å². The number of aromatic nitrogens is 2. The molecule has 20 nitrogen and oxygen atoms in total. The van der Waals surface area contributed by atoms with E-state index in [0.29, 0.717) is 18.0 Å². The molecule has 0 aliphatic carbocycles. The van der Waals surface area contributed by atoms with Crippen molar-refractivity contribution >= 4 is 27.6 Å². The van der Waals surface area contributed by atoms with Crippen molar-refractivity contribution in [2.75, 3.05) is 40.9 Å². The maximum Gasteiger partial charge on any atom is 0.311 e. The average molecular weight is 1080 g/mol. The number of aliphatic hydroxyl groups excluding tert-OH is 1. The number of hydrogen-bond acceptors (Lipinski definition) is 18. The Morgan fingerprint density at radius 2 is 1.62 bits per heavy atom. The Bertz CT molecular complexity index is 2210. The fourth-order valence-corrected chi connectivity index (χ4v) is 12.6. The third-order valence-corrected chi connectivity index (χ3v) is 18.0. The number of methoxy groups -OCH3 is 2. The van der Waals surface area contributed by atoms with E-state index in [9.17, 15) is 33.6 Å². The van der Waals surface area contributed by atoms with Crippen molar-refractivity contribution in [2.45, 2.75) is 203 Å². The van der Waals surface area contributed by atoms with Gasteiger partial charge in [-0.1, -0.05) is 39.3 Å². The van der Waals surface area contributed by atoms with Crippen LogP contribution < -0.4 is 20.1 Å². The molecule has 0 amide bonds. The second-order valence-corrected chi connectivity index (χ2v) is 23.7. The van der Waals surface area contributed by atoms with Gasteiger partial charge < -0.3 is 73.5 Å². The predicted molar refractivity (Wildman–Crippen MR) is 273 cm³/mol. The molecular weight excluding hydrogens is 990 g/mol. The number of cyclic esters (lactones) is 1. The molecule has 1 aromatic carbocycles. The van der Waals surface area contributed by atoms with Crippen LogP contribution in [0.4, 0.5) is 0 Å². The summed E-state index contributed by atoms with van der Waals surface area (Å²) in [5.74, 6) is -2.32. The molecule has 3 aliphatic rings. The molecule has 73 heavy (non-hydrogen) atoms. The van der Waals surface area contributed by atoms with Crippen molar-refractivity contribution in [1.82, 2.24) is 24.5 Å². The standard InChI is InChI=1S/C51H86ClN5O15S/c1-16-22-53-27-51(62)34(8)68-39(25-49(51,10)66-15)71-40-31(5)43(48(9,60)24-29(3)26-54-33(7)42(58)50(11,61)38(17-2)70-46(59)32(40)6)72-47-41(69-36-20-18-35(65-14)19-21-36)37(23-30(4)67-47)57(13)73(63,64)45-44(52)56(12)28-55-45/h18-21,28-34,37-43,47,53-54,58,60-62H,16-17,22-27H2,1-15H3/t29-,30-,31+,32-,33-,34+,37+,38-,39?,40+,41-,42-,43-,47+,48-,49-,50-,51+/m1/s1. The summed E-state index contributed by atoms with van der Waals surface area (Å²) in [6.07, 6.45) is -7.74. The maximum atomic E-state index is 14.7. The first-order chi connectivity index (χ1) is 34.0. The second-order valence-electron chi connectivity index (χ2n) is 21.5. The highest BCUT2D eigenvalue weighted by atomic mass is 35.5. The molecule has 418 valence electrons. The van der Waals surface area contributed by atoms with Crippen molar-refractivity contribution in [3.05, 3.63) is 35.7 Å². The van der Waals surface area contributed by atoms with Crippen LogP contribution in [0.3, 0.4) is 0 Å². The molecule has 6 N–H and O–H groups in total. The van der Waals surface area contributed by atoms with Gasteiger partial charge in [-0.2, -0.15) is 4.31 Å². The summed E-state index contributed by atoms with van der Waals surface area (Å²) in [6, 6.07) is 5.06. The fourth-order valence-electron chi connectivity index (χ4n) is 10.9. The van der Waals surface area contributed by atoms with E-state index in [2.05, 4.69) is 15.6 Å². The Hall–Kier alpha value is -2.74. The van der Waals surface area contributed by atoms with Crippen molar-refractivity contribution in [3.8, 4) is 11.5 Å². The first-order valence-electron chi connectivity index (χ1n) is 25.7. The van der Waals surface area contributed by atoms with Gasteiger partial charge in [-0.3, -0.25) is 4.79 Å². The number of likely N-dealkylation sites (N-methyl/N-ethyl adjacent to an activating group) is 1. The molecule has 1 aromatic heterocycles. The van der Waals surface area contributed by atoms with E-state index in [0.717, 1.165) is 10.7 Å². The normalized spacial score (nSPS) is 39.6. The largest absolute Gasteiger partial charge is 0.497 e. The zero-order chi connectivity index (χ0) is 54.6. The number of nitrogens with one attached hydrogen (secondary N) is 2. The molecular formula is C51H86ClN5O15S. The molecule has 5 rings (SSSR count). The number of ether oxygens (including phenoxy) is 8. The Balaban J connectivity index is 1.67. The van der Waals surface area contributed by atoms with Crippen molar-refractivity contribution in [1.29, 1.82) is 0 Å². The summed E-state index contributed by atoms with van der Waals surface area (Å²) >= 11 is 6.51. The van der Waals surface area contributed by atoms with Crippen LogP contribution in [0, 0.1) is 17.8 Å². The van der Waals surface area contributed by atoms with Gasteiger partial charge in [0, 0.05) is 46.1 Å². The minimum Gasteiger partial charge on any atom is -0.497 e. The van der Waals surface area contributed by atoms with Crippen LogP contribution in [-0.4, -0.2) is 179 Å². The van der Waals surface area contributed by atoms with Gasteiger partial charge in [-0.05, 0) is 117 Å². The Morgan fingerprint density at radius 1 is 0.973 bits per heavy atom. The summed E-state index contributed by atoms with van der Waals surface area (Å²) in [4.78, 5) is 18.9. The highest BCUT2D eigenvalue weighted by Crippen LogP contribution is 2.44. The summed E-state index contributed by atoms with van der Waals surface area (Å²) in [6.45, 7) is 20.2. The first-order valence-corrected chi connectivity index (χ1v) is 27.5. The van der Waals surface area contributed by atoms with E-state index in [1.165, 1.54) is 39.1 Å². The zero-order valence-corrected chi connectivity index (χ0v) is 47.1. The summed E-state index contributed by atoms with van der Waals surface area (Å²) in [5.41, 5.74) is -6.42. The van der Waals surface area contributed by atoms with Gasteiger partial charge in [0.05, 0.1) is 55.4 Å². The number of aryl methyl sites for hydroxylation is 1. The number of nitrogens with zero attached hydrogens (tertiary/aromatic N) is 3. The van der Waals surface area contributed by atoms with Crippen molar-refractivity contribution in [3.63, 3.8) is 0 Å². The molecule has 18 atom stereocenters. The molecule has 2 aromatic rings. The number of aliphatic hydroxyl groups is 4. The van der Waals surface area contributed by atoms with E-state index >= 15 is 0 Å². The second kappa shape index (κ2) is 24.7.